The van der Waals surface area contributed by atoms with Gasteiger partial charge in [-0.1, -0.05) is 36.4 Å². The highest BCUT2D eigenvalue weighted by molar-refractivity contribution is 6.05. The lowest BCUT2D eigenvalue weighted by Crippen LogP contribution is -2.35. The summed E-state index contributed by atoms with van der Waals surface area (Å²) >= 11 is 0. The largest absolute Gasteiger partial charge is 0.463 e. The van der Waals surface area contributed by atoms with Crippen LogP contribution in [-0.2, 0) is 9.53 Å². The summed E-state index contributed by atoms with van der Waals surface area (Å²) in [6.07, 6.45) is 1.52. The van der Waals surface area contributed by atoms with Crippen LogP contribution >= 0.6 is 0 Å². The smallest absolute Gasteiger partial charge is 0.339 e. The van der Waals surface area contributed by atoms with Gasteiger partial charge < -0.3 is 9.15 Å². The molecule has 0 atom stereocenters. The van der Waals surface area contributed by atoms with E-state index < -0.39 is 18.5 Å². The van der Waals surface area contributed by atoms with Crippen molar-refractivity contribution in [3.05, 3.63) is 84.6 Å². The molecule has 2 aromatic carbocycles. The predicted octanol–water partition coefficient (Wildman–Crippen LogP) is 4.21. The number of nitriles is 1. The van der Waals surface area contributed by atoms with E-state index in [9.17, 15) is 9.59 Å². The number of hydrogen-bond donors (Lipinski definition) is 0. The third-order valence-electron chi connectivity index (χ3n) is 4.63. The van der Waals surface area contributed by atoms with E-state index >= 15 is 0 Å². The van der Waals surface area contributed by atoms with Gasteiger partial charge in [0.1, 0.15) is 12.2 Å². The van der Waals surface area contributed by atoms with Crippen LogP contribution in [-0.4, -0.2) is 30.0 Å². The minimum absolute atomic E-state index is 0.152. The van der Waals surface area contributed by atoms with Crippen molar-refractivity contribution in [2.75, 3.05) is 18.1 Å². The van der Waals surface area contributed by atoms with Crippen LogP contribution in [0.15, 0.2) is 83.5 Å². The highest BCUT2D eigenvalue weighted by atomic mass is 16.5. The number of ether oxygens (including phenoxy) is 1. The Morgan fingerprint density at radius 1 is 1.03 bits per heavy atom. The first-order chi connectivity index (χ1) is 15.2. The Labute approximate surface area is 178 Å². The fourth-order valence-corrected chi connectivity index (χ4v) is 3.18. The van der Waals surface area contributed by atoms with Gasteiger partial charge in [-0.25, -0.2) is 9.78 Å². The number of nitrogens with zero attached hydrogens (tertiary/aromatic N) is 3. The number of carbonyl (C=O) groups is 2. The molecule has 2 heterocycles. The number of hydrogen-bond acceptors (Lipinski definition) is 6. The Morgan fingerprint density at radius 3 is 2.55 bits per heavy atom. The number of fused-ring (bicyclic) bond motifs is 1. The van der Waals surface area contributed by atoms with Gasteiger partial charge >= 0.3 is 5.97 Å². The van der Waals surface area contributed by atoms with Gasteiger partial charge in [-0.15, -0.1) is 0 Å². The molecular weight excluding hydrogens is 394 g/mol. The highest BCUT2D eigenvalue weighted by Gasteiger charge is 2.20. The van der Waals surface area contributed by atoms with Gasteiger partial charge in [0, 0.05) is 11.1 Å². The van der Waals surface area contributed by atoms with Crippen LogP contribution in [0.25, 0.3) is 22.4 Å². The van der Waals surface area contributed by atoms with Gasteiger partial charge in [-0.05, 0) is 36.4 Å². The highest BCUT2D eigenvalue weighted by Crippen LogP contribution is 2.25. The number of esters is 1. The van der Waals surface area contributed by atoms with Crippen LogP contribution in [0.5, 0.6) is 0 Å². The van der Waals surface area contributed by atoms with E-state index in [4.69, 9.17) is 14.4 Å². The molecule has 0 radical (unpaired) electrons. The maximum atomic E-state index is 12.9. The van der Waals surface area contributed by atoms with E-state index in [0.29, 0.717) is 28.0 Å². The Balaban J connectivity index is 1.58. The number of amides is 1. The quantitative estimate of drug-likeness (QED) is 0.348. The molecule has 2 aromatic heterocycles. The molecule has 0 bridgehead atoms. The fourth-order valence-electron chi connectivity index (χ4n) is 3.18. The number of aromatic nitrogens is 1. The molecule has 0 saturated carbocycles. The second kappa shape index (κ2) is 8.93. The zero-order valence-corrected chi connectivity index (χ0v) is 16.4. The number of benzene rings is 2. The number of furan rings is 1. The molecule has 0 saturated heterocycles. The Kier molecular flexibility index (Phi) is 5.72. The number of rotatable bonds is 6. The summed E-state index contributed by atoms with van der Waals surface area (Å²) in [5, 5.41) is 9.68. The first-order valence-electron chi connectivity index (χ1n) is 9.50. The Morgan fingerprint density at radius 2 is 1.81 bits per heavy atom. The van der Waals surface area contributed by atoms with Crippen molar-refractivity contribution in [3.8, 4) is 17.5 Å². The molecule has 0 unspecified atom stereocenters. The molecule has 0 spiro atoms. The van der Waals surface area contributed by atoms with Crippen molar-refractivity contribution in [1.29, 1.82) is 5.26 Å². The van der Waals surface area contributed by atoms with Crippen LogP contribution in [0, 0.1) is 11.3 Å². The van der Waals surface area contributed by atoms with E-state index in [1.807, 2.05) is 18.2 Å². The van der Waals surface area contributed by atoms with Crippen molar-refractivity contribution >= 4 is 28.5 Å². The number of anilines is 1. The van der Waals surface area contributed by atoms with E-state index in [0.717, 1.165) is 0 Å². The van der Waals surface area contributed by atoms with Crippen molar-refractivity contribution in [2.24, 2.45) is 0 Å². The molecule has 152 valence electrons. The summed E-state index contributed by atoms with van der Waals surface area (Å²) in [7, 11) is 0. The number of carbonyl (C=O) groups excluding carboxylic acids is 2. The minimum atomic E-state index is -0.662. The monoisotopic (exact) mass is 411 g/mol. The molecule has 0 N–H and O–H groups in total. The summed E-state index contributed by atoms with van der Waals surface area (Å²) in [4.78, 5) is 31.3. The van der Waals surface area contributed by atoms with E-state index in [1.54, 1.807) is 60.7 Å². The number of pyridine rings is 1. The first kappa shape index (κ1) is 19.9. The van der Waals surface area contributed by atoms with E-state index in [1.165, 1.54) is 11.2 Å². The third kappa shape index (κ3) is 4.28. The first-order valence-corrected chi connectivity index (χ1v) is 9.50. The van der Waals surface area contributed by atoms with Gasteiger partial charge in [-0.3, -0.25) is 9.69 Å². The molecule has 7 nitrogen and oxygen atoms in total. The van der Waals surface area contributed by atoms with Crippen LogP contribution in [0.2, 0.25) is 0 Å². The molecule has 0 aliphatic rings. The average molecular weight is 411 g/mol. The van der Waals surface area contributed by atoms with Gasteiger partial charge in [0.2, 0.25) is 0 Å². The lowest BCUT2D eigenvalue weighted by Gasteiger charge is -2.19. The van der Waals surface area contributed by atoms with Gasteiger partial charge in [-0.2, -0.15) is 5.26 Å². The predicted molar refractivity (Wildman–Crippen MR) is 114 cm³/mol. The van der Waals surface area contributed by atoms with Crippen LogP contribution in [0.3, 0.4) is 0 Å². The lowest BCUT2D eigenvalue weighted by molar-refractivity contribution is -0.121. The van der Waals surface area contributed by atoms with Crippen molar-refractivity contribution in [1.82, 2.24) is 4.98 Å². The molecule has 0 aliphatic carbocycles. The molecule has 0 fully saturated rings. The second-order valence-corrected chi connectivity index (χ2v) is 6.60. The molecule has 0 aliphatic heterocycles. The molecule has 1 amide bonds. The Hall–Kier alpha value is -4.44. The maximum absolute atomic E-state index is 12.9. The van der Waals surface area contributed by atoms with Gasteiger partial charge in [0.25, 0.3) is 5.91 Å². The van der Waals surface area contributed by atoms with Crippen LogP contribution < -0.4 is 4.90 Å². The van der Waals surface area contributed by atoms with Crippen molar-refractivity contribution in [2.45, 2.75) is 0 Å². The maximum Gasteiger partial charge on any atom is 0.339 e. The topological polar surface area (TPSA) is 96.4 Å². The molecular formula is C24H17N3O4. The summed E-state index contributed by atoms with van der Waals surface area (Å²) in [5.74, 6) is -0.643. The van der Waals surface area contributed by atoms with Crippen LogP contribution in [0.1, 0.15) is 10.4 Å². The van der Waals surface area contributed by atoms with E-state index in [2.05, 4.69) is 4.98 Å². The lowest BCUT2D eigenvalue weighted by atomic mass is 10.1. The molecule has 4 aromatic rings. The summed E-state index contributed by atoms with van der Waals surface area (Å²) in [6, 6.07) is 22.9. The summed E-state index contributed by atoms with van der Waals surface area (Å²) < 4.78 is 10.7. The van der Waals surface area contributed by atoms with Crippen molar-refractivity contribution in [3.63, 3.8) is 0 Å². The minimum Gasteiger partial charge on any atom is -0.463 e. The van der Waals surface area contributed by atoms with Crippen LogP contribution in [0.4, 0.5) is 5.69 Å². The second-order valence-electron chi connectivity index (χ2n) is 6.60. The molecule has 7 heteroatoms. The SMILES string of the molecule is N#CCN(C(=O)COC(=O)c1cc(-c2ccco2)nc2ccccc12)c1ccccc1. The van der Waals surface area contributed by atoms with Crippen molar-refractivity contribution < 1.29 is 18.7 Å². The zero-order chi connectivity index (χ0) is 21.6. The Bertz CT molecular complexity index is 1260. The summed E-state index contributed by atoms with van der Waals surface area (Å²) in [6.45, 7) is -0.649. The average Bonchev–Trinajstić information content (AvgIpc) is 3.36. The summed E-state index contributed by atoms with van der Waals surface area (Å²) in [5.41, 5.74) is 1.92. The normalized spacial score (nSPS) is 10.4. The molecule has 4 rings (SSSR count). The van der Waals surface area contributed by atoms with Gasteiger partial charge in [0.05, 0.1) is 23.4 Å². The fraction of sp³-hybridized carbons (Fsp3) is 0.0833. The standard InChI is InChI=1S/C24H17N3O4/c25-12-13-27(17-7-2-1-3-8-17)23(28)16-31-24(29)19-15-21(22-11-6-14-30-22)26-20-10-5-4-9-18(19)20/h1-11,14-15H,13,16H2. The number of para-hydroxylation sites is 2. The van der Waals surface area contributed by atoms with Gasteiger partial charge in [0.15, 0.2) is 12.4 Å². The molecule has 31 heavy (non-hydrogen) atoms. The third-order valence-corrected chi connectivity index (χ3v) is 4.63. The van der Waals surface area contributed by atoms with E-state index in [-0.39, 0.29) is 12.1 Å². The zero-order valence-electron chi connectivity index (χ0n) is 16.4.